The minimum absolute atomic E-state index is 0.00937. The summed E-state index contributed by atoms with van der Waals surface area (Å²) in [6, 6.07) is 41.7. The van der Waals surface area contributed by atoms with E-state index < -0.39 is 56.5 Å². The van der Waals surface area contributed by atoms with Gasteiger partial charge in [0.25, 0.3) is 10.1 Å². The van der Waals surface area contributed by atoms with Gasteiger partial charge in [-0.15, -0.1) is 0 Å². The highest BCUT2D eigenvalue weighted by Gasteiger charge is 2.60. The van der Waals surface area contributed by atoms with Crippen LogP contribution in [-0.2, 0) is 33.4 Å². The number of phenols is 2. The molecule has 426 valence electrons. The zero-order chi connectivity index (χ0) is 56.7. The standard InChI is InChI=1S/C69H75N3O9S/c1-40-10-11-47-34-56-24-26-58(47)60(40)37-64(82(77,78)79)61-36-51-31-50(35-57-28-42(39-73)8-5-9-46-32-55(75)23-25-59(46)66(51)80-57)65(61)44-14-19-53(20-15-44)69(81-56,72-67(70)71)62-27-21-52-18-16-48(45-13-12-43-17-22-54(74)33-49(43)30-45)38-68(52,76)63(62)29-41-6-3-2-4-7-41/h2-4,6-7,12-15,17,19-20,22-26,30,32-34,36,40,42,48,50,52,57,60-66,73-76H,8,10-11,16,18,21,27-29,31,35,37-39H2,1H3,(H4,70,71,72)(H,77,78,79)/t40-,42+,48+,50-,52-,57-,60+,61-,62+,63-,64-,65+,66-,68+,69-/m1/s1. The van der Waals surface area contributed by atoms with Crippen molar-refractivity contribution in [1.82, 2.24) is 0 Å². The van der Waals surface area contributed by atoms with Gasteiger partial charge in [-0.25, -0.2) is 4.99 Å². The molecule has 3 fully saturated rings. The fourth-order valence-electron chi connectivity index (χ4n) is 16.9. The molecule has 0 spiro atoms. The van der Waals surface area contributed by atoms with Crippen LogP contribution in [0.4, 0.5) is 0 Å². The van der Waals surface area contributed by atoms with Gasteiger partial charge < -0.3 is 41.4 Å². The average Bonchev–Trinajstić information content (AvgIpc) is 3.56. The van der Waals surface area contributed by atoms with Crippen LogP contribution >= 0.6 is 0 Å². The summed E-state index contributed by atoms with van der Waals surface area (Å²) < 4.78 is 55.7. The van der Waals surface area contributed by atoms with E-state index in [2.05, 4.69) is 79.4 Å². The lowest BCUT2D eigenvalue weighted by atomic mass is 9.53. The number of hydrogen-bond acceptors (Lipinski definition) is 9. The van der Waals surface area contributed by atoms with Gasteiger partial charge in [0.2, 0.25) is 5.72 Å². The fourth-order valence-corrected chi connectivity index (χ4v) is 18.0. The van der Waals surface area contributed by atoms with Gasteiger partial charge in [-0.2, -0.15) is 8.42 Å². The summed E-state index contributed by atoms with van der Waals surface area (Å²) in [7, 11) is -4.71. The summed E-state index contributed by atoms with van der Waals surface area (Å²) >= 11 is 0. The van der Waals surface area contributed by atoms with Crippen LogP contribution in [0.2, 0.25) is 0 Å². The van der Waals surface area contributed by atoms with E-state index in [4.69, 9.17) is 25.9 Å². The smallest absolute Gasteiger partial charge is 0.268 e. The molecular formula is C69H75N3O9S. The molecular weight excluding hydrogens is 1050 g/mol. The van der Waals surface area contributed by atoms with Crippen LogP contribution in [0, 0.1) is 53.3 Å². The fraction of sp³-hybridized carbons (Fsp3) is 0.435. The van der Waals surface area contributed by atoms with Crippen molar-refractivity contribution in [3.05, 3.63) is 184 Å². The van der Waals surface area contributed by atoms with Crippen LogP contribution in [0.25, 0.3) is 10.8 Å². The number of aliphatic hydroxyl groups excluding tert-OH is 1. The highest BCUT2D eigenvalue weighted by Crippen LogP contribution is 2.60. The molecule has 5 heterocycles. The highest BCUT2D eigenvalue weighted by molar-refractivity contribution is 7.86. The molecule has 10 bridgehead atoms. The van der Waals surface area contributed by atoms with Gasteiger partial charge in [0.05, 0.1) is 17.0 Å². The molecule has 0 unspecified atom stereocenters. The van der Waals surface area contributed by atoms with Crippen LogP contribution in [0.5, 0.6) is 17.2 Å². The Bertz CT molecular complexity index is 3650. The van der Waals surface area contributed by atoms with Crippen LogP contribution in [0.3, 0.4) is 0 Å². The first-order valence-electron chi connectivity index (χ1n) is 29.8. The van der Waals surface area contributed by atoms with E-state index in [9.17, 15) is 33.4 Å². The van der Waals surface area contributed by atoms with Gasteiger partial charge in [0.1, 0.15) is 23.4 Å². The molecule has 13 heteroatoms. The summed E-state index contributed by atoms with van der Waals surface area (Å²) in [4.78, 5) is 5.33. The Kier molecular flexibility index (Phi) is 14.3. The molecule has 5 aliphatic heterocycles. The van der Waals surface area contributed by atoms with Crippen molar-refractivity contribution in [2.45, 2.75) is 137 Å². The number of hydrogen-bond donors (Lipinski definition) is 7. The molecule has 6 aromatic rings. The first-order valence-corrected chi connectivity index (χ1v) is 31.3. The maximum Gasteiger partial charge on any atom is 0.268 e. The zero-order valence-corrected chi connectivity index (χ0v) is 47.3. The zero-order valence-electron chi connectivity index (χ0n) is 46.5. The van der Waals surface area contributed by atoms with Gasteiger partial charge in [-0.1, -0.05) is 116 Å². The Balaban J connectivity index is 0.992. The first kappa shape index (κ1) is 54.6. The van der Waals surface area contributed by atoms with E-state index in [-0.39, 0.29) is 72.1 Å². The van der Waals surface area contributed by atoms with E-state index in [0.29, 0.717) is 68.2 Å². The average molecular weight is 1120 g/mol. The van der Waals surface area contributed by atoms with Crippen LogP contribution < -0.4 is 16.2 Å². The van der Waals surface area contributed by atoms with E-state index in [1.807, 2.05) is 48.5 Å². The molecule has 9 N–H and O–H groups in total. The molecule has 0 radical (unpaired) electrons. The number of guanidine groups is 1. The maximum absolute atomic E-state index is 14.5. The number of aryl methyl sites for hydroxylation is 1. The van der Waals surface area contributed by atoms with Crippen LogP contribution in [-0.4, -0.2) is 62.9 Å². The third-order valence-electron chi connectivity index (χ3n) is 20.7. The summed E-state index contributed by atoms with van der Waals surface area (Å²) in [6.45, 7) is 2.10. The van der Waals surface area contributed by atoms with Crippen molar-refractivity contribution in [2.24, 2.45) is 57.9 Å². The van der Waals surface area contributed by atoms with E-state index in [1.54, 1.807) is 24.3 Å². The van der Waals surface area contributed by atoms with Crippen molar-refractivity contribution in [2.75, 3.05) is 6.61 Å². The lowest BCUT2D eigenvalue weighted by molar-refractivity contribution is -0.177. The third kappa shape index (κ3) is 10.1. The molecule has 1 saturated heterocycles. The van der Waals surface area contributed by atoms with Crippen molar-refractivity contribution in [3.63, 3.8) is 0 Å². The minimum Gasteiger partial charge on any atom is -0.508 e. The van der Waals surface area contributed by atoms with E-state index >= 15 is 0 Å². The van der Waals surface area contributed by atoms with Gasteiger partial charge in [-0.05, 0) is 199 Å². The minimum atomic E-state index is -4.71. The molecule has 82 heavy (non-hydrogen) atoms. The monoisotopic (exact) mass is 1120 g/mol. The number of nitrogens with zero attached hydrogens (tertiary/aromatic N) is 1. The Morgan fingerprint density at radius 3 is 2.35 bits per heavy atom. The normalized spacial score (nSPS) is 33.0. The Labute approximate surface area is 481 Å². The molecule has 6 aromatic carbocycles. The van der Waals surface area contributed by atoms with Gasteiger partial charge >= 0.3 is 0 Å². The molecule has 0 aromatic heterocycles. The number of nitrogens with two attached hydrogens (primary N) is 2. The second-order valence-electron chi connectivity index (χ2n) is 25.4. The molecule has 2 saturated carbocycles. The quantitative estimate of drug-likeness (QED) is 0.0262. The predicted molar refractivity (Wildman–Crippen MR) is 318 cm³/mol. The molecule has 15 atom stereocenters. The van der Waals surface area contributed by atoms with Gasteiger partial charge in [-0.3, -0.25) is 4.55 Å². The second kappa shape index (κ2) is 21.5. The number of aromatic hydroxyl groups is 2. The number of allylic oxidation sites excluding steroid dienone is 1. The lowest BCUT2D eigenvalue weighted by Gasteiger charge is -2.57. The topological polar surface area (TPSA) is 218 Å². The number of aliphatic hydroxyl groups is 2. The van der Waals surface area contributed by atoms with E-state index in [1.165, 1.54) is 0 Å². The number of aliphatic imine (C=N–C) groups is 1. The molecule has 9 aliphatic rings. The molecule has 15 rings (SSSR count). The first-order chi connectivity index (χ1) is 39.5. The number of phenolic OH excluding ortho intramolecular Hbond substituents is 2. The Morgan fingerprint density at radius 1 is 0.805 bits per heavy atom. The predicted octanol–water partition coefficient (Wildman–Crippen LogP) is 11.6. The molecule has 4 aliphatic carbocycles. The van der Waals surface area contributed by atoms with Crippen molar-refractivity contribution in [1.29, 1.82) is 0 Å². The van der Waals surface area contributed by atoms with Gasteiger partial charge in [0.15, 0.2) is 5.96 Å². The number of benzene rings is 6. The second-order valence-corrected chi connectivity index (χ2v) is 27.0. The Morgan fingerprint density at radius 2 is 1.56 bits per heavy atom. The Hall–Kier alpha value is -6.66. The summed E-state index contributed by atoms with van der Waals surface area (Å²) in [5.41, 5.74) is 18.8. The van der Waals surface area contributed by atoms with Crippen LogP contribution in [0.1, 0.15) is 146 Å². The van der Waals surface area contributed by atoms with E-state index in [0.717, 1.165) is 75.4 Å². The van der Waals surface area contributed by atoms with Gasteiger partial charge in [0, 0.05) is 47.5 Å². The number of fused-ring (bicyclic) bond motifs is 11. The third-order valence-corrected chi connectivity index (χ3v) is 22.0. The highest BCUT2D eigenvalue weighted by atomic mass is 32.2. The maximum atomic E-state index is 14.5. The summed E-state index contributed by atoms with van der Waals surface area (Å²) in [5, 5.41) is 46.8. The SMILES string of the molecule is C[C@@H]1CCc2cc3ccc2[C@H]1C[C@@H](S(=O)(=O)O)[C@H]1C=C2C[C@H](C[C@H]4C[C@@H](CO)CC#Cc5cc(O)ccc5[C@@H]2O4)[C@@H]1c1ccc(cc1)[C@](N=C(N)N)([C@H]1CC[C@H]2CC[C@H](c4ccc5ccc(O)cc5c4)C[C@@]2(O)[C@@H]1Cc1ccccc1)O3. The molecule has 0 amide bonds. The molecule has 12 nitrogen and oxygen atoms in total. The van der Waals surface area contributed by atoms with Crippen molar-refractivity contribution < 1.29 is 42.9 Å². The summed E-state index contributed by atoms with van der Waals surface area (Å²) in [6.07, 6.45) is 9.10. The number of rotatable bonds is 7. The lowest BCUT2D eigenvalue weighted by Crippen LogP contribution is -2.60. The summed E-state index contributed by atoms with van der Waals surface area (Å²) in [5.74, 6) is 4.80. The van der Waals surface area contributed by atoms with Crippen LogP contribution in [0.15, 0.2) is 144 Å². The number of ether oxygens (including phenoxy) is 2. The largest absolute Gasteiger partial charge is 0.508 e. The van der Waals surface area contributed by atoms with Crippen molar-refractivity contribution >= 4 is 26.9 Å². The van der Waals surface area contributed by atoms with Crippen molar-refractivity contribution in [3.8, 4) is 29.1 Å².